The highest BCUT2D eigenvalue weighted by atomic mass is 19.4. The molecule has 11 heteroatoms. The van der Waals surface area contributed by atoms with Gasteiger partial charge in [0.05, 0.1) is 12.1 Å². The summed E-state index contributed by atoms with van der Waals surface area (Å²) in [5.74, 6) is -0.778. The number of methoxy groups -OCH3 is 2. The molecular weight excluding hydrogens is 431 g/mol. The van der Waals surface area contributed by atoms with Crippen LogP contribution in [-0.4, -0.2) is 62.2 Å². The lowest BCUT2D eigenvalue weighted by Crippen LogP contribution is -2.32. The molecule has 8 nitrogen and oxygen atoms in total. The highest BCUT2D eigenvalue weighted by Crippen LogP contribution is 2.29. The number of amides is 2. The van der Waals surface area contributed by atoms with Gasteiger partial charge in [-0.1, -0.05) is 0 Å². The minimum atomic E-state index is -4.49. The monoisotopic (exact) mass is 457 g/mol. The van der Waals surface area contributed by atoms with Gasteiger partial charge < -0.3 is 24.1 Å². The predicted molar refractivity (Wildman–Crippen MR) is 108 cm³/mol. The quantitative estimate of drug-likeness (QED) is 0.492. The predicted octanol–water partition coefficient (Wildman–Crippen LogP) is 3.14. The fourth-order valence-corrected chi connectivity index (χ4v) is 2.80. The van der Waals surface area contributed by atoms with Crippen LogP contribution < -0.4 is 5.32 Å². The number of carbonyl (C=O) groups excluding carboxylic acids is 2. The van der Waals surface area contributed by atoms with Crippen molar-refractivity contribution < 1.29 is 36.7 Å². The first-order valence-electron chi connectivity index (χ1n) is 9.93. The Kier molecular flexibility index (Phi) is 9.66. The zero-order chi connectivity index (χ0) is 23.6. The van der Waals surface area contributed by atoms with E-state index in [2.05, 4.69) is 10.3 Å². The number of rotatable bonds is 12. The molecule has 0 aliphatic heterocycles. The molecule has 0 aliphatic rings. The van der Waals surface area contributed by atoms with Crippen molar-refractivity contribution in [1.82, 2.24) is 15.2 Å². The molecule has 2 amide bonds. The number of alkyl halides is 3. The summed E-state index contributed by atoms with van der Waals surface area (Å²) in [5.41, 5.74) is -0.678. The van der Waals surface area contributed by atoms with Gasteiger partial charge in [0.1, 0.15) is 6.26 Å². The molecule has 0 fully saturated rings. The Morgan fingerprint density at radius 3 is 2.38 bits per heavy atom. The first-order chi connectivity index (χ1) is 15.3. The molecule has 0 bridgehead atoms. The van der Waals surface area contributed by atoms with E-state index >= 15 is 0 Å². The number of nitrogens with zero attached hydrogens (tertiary/aromatic N) is 2. The van der Waals surface area contributed by atoms with Gasteiger partial charge in [0.2, 0.25) is 5.89 Å². The summed E-state index contributed by atoms with van der Waals surface area (Å²) in [5, 5.41) is 2.68. The third-order valence-electron chi connectivity index (χ3n) is 4.44. The molecule has 1 aromatic heterocycles. The van der Waals surface area contributed by atoms with Crippen molar-refractivity contribution in [3.05, 3.63) is 53.2 Å². The Balaban J connectivity index is 2.08. The normalized spacial score (nSPS) is 11.4. The van der Waals surface area contributed by atoms with Crippen molar-refractivity contribution in [2.75, 3.05) is 40.5 Å². The van der Waals surface area contributed by atoms with E-state index in [4.69, 9.17) is 13.9 Å². The number of carbonyl (C=O) groups is 2. The summed E-state index contributed by atoms with van der Waals surface area (Å²) in [6, 6.07) is 3.97. The Labute approximate surface area is 183 Å². The van der Waals surface area contributed by atoms with Crippen LogP contribution >= 0.6 is 0 Å². The molecule has 0 spiro atoms. The molecule has 0 radical (unpaired) electrons. The third kappa shape index (κ3) is 7.65. The van der Waals surface area contributed by atoms with Gasteiger partial charge in [-0.2, -0.15) is 13.2 Å². The zero-order valence-electron chi connectivity index (χ0n) is 17.9. The number of nitrogens with one attached hydrogen (secondary N) is 1. The molecule has 0 saturated heterocycles. The Hall–Kier alpha value is -2.92. The standard InChI is InChI=1S/C21H26F3N3O5/c1-30-11-3-9-25-19(28)17-14-32-18(26-17)13-27(10-4-12-31-2)20(29)15-5-7-16(8-6-15)21(22,23)24/h5-8,14H,3-4,9-13H2,1-2H3,(H,25,28). The average molecular weight is 457 g/mol. The number of hydrogen-bond donors (Lipinski definition) is 1. The summed E-state index contributed by atoms with van der Waals surface area (Å²) in [4.78, 5) is 30.5. The van der Waals surface area contributed by atoms with E-state index in [-0.39, 0.29) is 30.2 Å². The van der Waals surface area contributed by atoms with Crippen LogP contribution in [-0.2, 0) is 22.2 Å². The molecule has 176 valence electrons. The molecule has 1 aromatic carbocycles. The van der Waals surface area contributed by atoms with Crippen LogP contribution in [0, 0.1) is 0 Å². The van der Waals surface area contributed by atoms with Crippen molar-refractivity contribution in [2.24, 2.45) is 0 Å². The van der Waals surface area contributed by atoms with Gasteiger partial charge in [-0.25, -0.2) is 4.98 Å². The molecule has 0 aliphatic carbocycles. The van der Waals surface area contributed by atoms with E-state index < -0.39 is 23.6 Å². The van der Waals surface area contributed by atoms with E-state index in [1.165, 1.54) is 18.3 Å². The molecule has 0 saturated carbocycles. The fourth-order valence-electron chi connectivity index (χ4n) is 2.80. The van der Waals surface area contributed by atoms with E-state index in [1.54, 1.807) is 7.11 Å². The number of benzene rings is 1. The van der Waals surface area contributed by atoms with Crippen molar-refractivity contribution >= 4 is 11.8 Å². The van der Waals surface area contributed by atoms with Crippen LogP contribution in [0.5, 0.6) is 0 Å². The first-order valence-corrected chi connectivity index (χ1v) is 9.93. The summed E-state index contributed by atoms with van der Waals surface area (Å²) in [7, 11) is 3.09. The van der Waals surface area contributed by atoms with Gasteiger partial charge in [0.25, 0.3) is 11.8 Å². The highest BCUT2D eigenvalue weighted by molar-refractivity contribution is 5.94. The average Bonchev–Trinajstić information content (AvgIpc) is 3.24. The second-order valence-electron chi connectivity index (χ2n) is 6.88. The van der Waals surface area contributed by atoms with Crippen LogP contribution in [0.15, 0.2) is 34.9 Å². The molecule has 1 heterocycles. The summed E-state index contributed by atoms with van der Waals surface area (Å²) >= 11 is 0. The van der Waals surface area contributed by atoms with E-state index in [0.29, 0.717) is 32.6 Å². The molecule has 32 heavy (non-hydrogen) atoms. The molecule has 0 atom stereocenters. The number of halogens is 3. The topological polar surface area (TPSA) is 93.9 Å². The van der Waals surface area contributed by atoms with Gasteiger partial charge in [-0.05, 0) is 37.1 Å². The lowest BCUT2D eigenvalue weighted by molar-refractivity contribution is -0.137. The lowest BCUT2D eigenvalue weighted by atomic mass is 10.1. The zero-order valence-corrected chi connectivity index (χ0v) is 17.9. The third-order valence-corrected chi connectivity index (χ3v) is 4.44. The fraction of sp³-hybridized carbons (Fsp3) is 0.476. The molecule has 0 unspecified atom stereocenters. The number of ether oxygens (including phenoxy) is 2. The van der Waals surface area contributed by atoms with Crippen molar-refractivity contribution in [3.8, 4) is 0 Å². The Morgan fingerprint density at radius 1 is 1.09 bits per heavy atom. The molecule has 1 N–H and O–H groups in total. The summed E-state index contributed by atoms with van der Waals surface area (Å²) in [6.45, 7) is 1.50. The van der Waals surface area contributed by atoms with Crippen LogP contribution in [0.4, 0.5) is 13.2 Å². The van der Waals surface area contributed by atoms with Crippen LogP contribution in [0.3, 0.4) is 0 Å². The second-order valence-corrected chi connectivity index (χ2v) is 6.88. The molecule has 2 rings (SSSR count). The lowest BCUT2D eigenvalue weighted by Gasteiger charge is -2.21. The maximum absolute atomic E-state index is 12.9. The Bertz CT molecular complexity index is 868. The second kappa shape index (κ2) is 12.2. The molecule has 2 aromatic rings. The highest BCUT2D eigenvalue weighted by Gasteiger charge is 2.30. The van der Waals surface area contributed by atoms with Gasteiger partial charge in [0, 0.05) is 46.1 Å². The maximum atomic E-state index is 12.9. The van der Waals surface area contributed by atoms with E-state index in [1.807, 2.05) is 0 Å². The van der Waals surface area contributed by atoms with Crippen molar-refractivity contribution in [1.29, 1.82) is 0 Å². The number of aromatic nitrogens is 1. The van der Waals surface area contributed by atoms with E-state index in [0.717, 1.165) is 24.3 Å². The van der Waals surface area contributed by atoms with Crippen LogP contribution in [0.2, 0.25) is 0 Å². The number of oxazole rings is 1. The van der Waals surface area contributed by atoms with Crippen molar-refractivity contribution in [2.45, 2.75) is 25.6 Å². The van der Waals surface area contributed by atoms with Gasteiger partial charge in [-0.15, -0.1) is 0 Å². The number of hydrogen-bond acceptors (Lipinski definition) is 6. The summed E-state index contributed by atoms with van der Waals surface area (Å²) in [6.07, 6.45) is -2.16. The SMILES string of the molecule is COCCCNC(=O)c1coc(CN(CCCOC)C(=O)c2ccc(C(F)(F)F)cc2)n1. The van der Waals surface area contributed by atoms with Gasteiger partial charge >= 0.3 is 6.18 Å². The minimum Gasteiger partial charge on any atom is -0.446 e. The van der Waals surface area contributed by atoms with Crippen LogP contribution in [0.25, 0.3) is 0 Å². The van der Waals surface area contributed by atoms with Crippen molar-refractivity contribution in [3.63, 3.8) is 0 Å². The van der Waals surface area contributed by atoms with Crippen LogP contribution in [0.1, 0.15) is 45.1 Å². The summed E-state index contributed by atoms with van der Waals surface area (Å²) < 4.78 is 53.6. The Morgan fingerprint density at radius 2 is 1.75 bits per heavy atom. The van der Waals surface area contributed by atoms with Gasteiger partial charge in [0.15, 0.2) is 5.69 Å². The van der Waals surface area contributed by atoms with Gasteiger partial charge in [-0.3, -0.25) is 9.59 Å². The maximum Gasteiger partial charge on any atom is 0.416 e. The molecular formula is C21H26F3N3O5. The van der Waals surface area contributed by atoms with E-state index in [9.17, 15) is 22.8 Å². The smallest absolute Gasteiger partial charge is 0.416 e. The minimum absolute atomic E-state index is 0.0550. The largest absolute Gasteiger partial charge is 0.446 e. The first kappa shape index (κ1) is 25.3.